The van der Waals surface area contributed by atoms with E-state index in [4.69, 9.17) is 10.00 Å². The summed E-state index contributed by atoms with van der Waals surface area (Å²) < 4.78 is 5.28. The summed E-state index contributed by atoms with van der Waals surface area (Å²) >= 11 is 0. The van der Waals surface area contributed by atoms with Crippen molar-refractivity contribution in [3.63, 3.8) is 0 Å². The third-order valence-corrected chi connectivity index (χ3v) is 3.17. The predicted molar refractivity (Wildman–Crippen MR) is 82.4 cm³/mol. The van der Waals surface area contributed by atoms with E-state index in [1.54, 1.807) is 12.1 Å². The molecule has 2 aromatic carbocycles. The van der Waals surface area contributed by atoms with Gasteiger partial charge in [0.05, 0.1) is 6.04 Å². The second-order valence-corrected chi connectivity index (χ2v) is 4.90. The van der Waals surface area contributed by atoms with Crippen molar-refractivity contribution in [3.05, 3.63) is 53.6 Å². The summed E-state index contributed by atoms with van der Waals surface area (Å²) in [5.41, 5.74) is 2.82. The molecule has 0 saturated carbocycles. The molecule has 21 heavy (non-hydrogen) atoms. The van der Waals surface area contributed by atoms with Gasteiger partial charge in [-0.15, -0.1) is 0 Å². The zero-order valence-electron chi connectivity index (χ0n) is 12.1. The fourth-order valence-electron chi connectivity index (χ4n) is 2.14. The van der Waals surface area contributed by atoms with Gasteiger partial charge in [0.2, 0.25) is 0 Å². The molecule has 0 bridgehead atoms. The van der Waals surface area contributed by atoms with Crippen molar-refractivity contribution < 1.29 is 9.84 Å². The zero-order chi connectivity index (χ0) is 15.2. The van der Waals surface area contributed by atoms with Crippen LogP contribution in [0.4, 0.5) is 5.69 Å². The van der Waals surface area contributed by atoms with Crippen molar-refractivity contribution in [1.29, 1.82) is 5.26 Å². The standard InChI is InChI=1S/C17H18N2O2/c1-12-6-7-17(20)16(10-12)13(2)19-14-4-3-5-15(11-14)21-9-8-18/h3-7,10-11,13,19-20H,9H2,1-2H3. The Bertz CT molecular complexity index is 662. The number of benzene rings is 2. The van der Waals surface area contributed by atoms with Crippen LogP contribution < -0.4 is 10.1 Å². The number of phenolic OH excluding ortho intramolecular Hbond substituents is 1. The first-order valence-electron chi connectivity index (χ1n) is 6.76. The van der Waals surface area contributed by atoms with Crippen LogP contribution in [0.1, 0.15) is 24.1 Å². The lowest BCUT2D eigenvalue weighted by Gasteiger charge is -2.18. The highest BCUT2D eigenvalue weighted by Gasteiger charge is 2.10. The highest BCUT2D eigenvalue weighted by Crippen LogP contribution is 2.28. The van der Waals surface area contributed by atoms with Crippen molar-refractivity contribution in [2.24, 2.45) is 0 Å². The molecule has 1 atom stereocenters. The van der Waals surface area contributed by atoms with Crippen molar-refractivity contribution in [2.75, 3.05) is 11.9 Å². The van der Waals surface area contributed by atoms with Gasteiger partial charge in [-0.3, -0.25) is 0 Å². The van der Waals surface area contributed by atoms with Gasteiger partial charge in [-0.2, -0.15) is 5.26 Å². The Labute approximate surface area is 124 Å². The van der Waals surface area contributed by atoms with Crippen LogP contribution in [0.3, 0.4) is 0 Å². The molecular weight excluding hydrogens is 264 g/mol. The molecule has 2 rings (SSSR count). The molecule has 1 unspecified atom stereocenters. The van der Waals surface area contributed by atoms with Gasteiger partial charge in [-0.1, -0.05) is 23.8 Å². The topological polar surface area (TPSA) is 65.3 Å². The van der Waals surface area contributed by atoms with Crippen LogP contribution in [0.15, 0.2) is 42.5 Å². The Morgan fingerprint density at radius 2 is 2.10 bits per heavy atom. The SMILES string of the molecule is Cc1ccc(O)c(C(C)Nc2cccc(OCC#N)c2)c1. The summed E-state index contributed by atoms with van der Waals surface area (Å²) in [5, 5.41) is 21.8. The van der Waals surface area contributed by atoms with Crippen molar-refractivity contribution >= 4 is 5.69 Å². The van der Waals surface area contributed by atoms with Crippen LogP contribution in [-0.4, -0.2) is 11.7 Å². The second-order valence-electron chi connectivity index (χ2n) is 4.90. The van der Waals surface area contributed by atoms with Gasteiger partial charge in [-0.25, -0.2) is 0 Å². The molecule has 108 valence electrons. The van der Waals surface area contributed by atoms with E-state index >= 15 is 0 Å². The number of hydrogen-bond donors (Lipinski definition) is 2. The van der Waals surface area contributed by atoms with Gasteiger partial charge >= 0.3 is 0 Å². The van der Waals surface area contributed by atoms with E-state index in [-0.39, 0.29) is 18.4 Å². The molecule has 0 heterocycles. The number of ether oxygens (including phenoxy) is 1. The average Bonchev–Trinajstić information content (AvgIpc) is 2.48. The van der Waals surface area contributed by atoms with Crippen LogP contribution >= 0.6 is 0 Å². The monoisotopic (exact) mass is 282 g/mol. The average molecular weight is 282 g/mol. The lowest BCUT2D eigenvalue weighted by Crippen LogP contribution is -2.07. The molecule has 0 radical (unpaired) electrons. The van der Waals surface area contributed by atoms with Crippen molar-refractivity contribution in [1.82, 2.24) is 0 Å². The maximum atomic E-state index is 9.95. The van der Waals surface area contributed by atoms with E-state index in [9.17, 15) is 5.11 Å². The highest BCUT2D eigenvalue weighted by molar-refractivity contribution is 5.51. The fourth-order valence-corrected chi connectivity index (χ4v) is 2.14. The number of aryl methyl sites for hydroxylation is 1. The minimum Gasteiger partial charge on any atom is -0.508 e. The summed E-state index contributed by atoms with van der Waals surface area (Å²) in [4.78, 5) is 0. The van der Waals surface area contributed by atoms with E-state index < -0.39 is 0 Å². The lowest BCUT2D eigenvalue weighted by molar-refractivity contribution is 0.368. The smallest absolute Gasteiger partial charge is 0.174 e. The zero-order valence-corrected chi connectivity index (χ0v) is 12.1. The van der Waals surface area contributed by atoms with E-state index in [1.807, 2.05) is 50.2 Å². The maximum absolute atomic E-state index is 9.95. The second kappa shape index (κ2) is 6.67. The van der Waals surface area contributed by atoms with Gasteiger partial charge in [0.15, 0.2) is 6.61 Å². The molecule has 0 amide bonds. The number of nitriles is 1. The molecular formula is C17H18N2O2. The third-order valence-electron chi connectivity index (χ3n) is 3.17. The van der Waals surface area contributed by atoms with Crippen LogP contribution in [0.5, 0.6) is 11.5 Å². The Morgan fingerprint density at radius 3 is 2.86 bits per heavy atom. The predicted octanol–water partition coefficient (Wildman–Crippen LogP) is 3.78. The Balaban J connectivity index is 2.14. The first-order valence-corrected chi connectivity index (χ1v) is 6.76. The van der Waals surface area contributed by atoms with Gasteiger partial charge in [-0.05, 0) is 32.0 Å². The number of nitrogens with one attached hydrogen (secondary N) is 1. The van der Waals surface area contributed by atoms with Crippen molar-refractivity contribution in [3.8, 4) is 17.6 Å². The Kier molecular flexibility index (Phi) is 4.68. The number of aromatic hydroxyl groups is 1. The molecule has 0 saturated heterocycles. The number of rotatable bonds is 5. The Hall–Kier alpha value is -2.67. The summed E-state index contributed by atoms with van der Waals surface area (Å²) in [6.07, 6.45) is 0. The molecule has 0 aliphatic carbocycles. The summed E-state index contributed by atoms with van der Waals surface area (Å²) in [5.74, 6) is 0.916. The molecule has 4 nitrogen and oxygen atoms in total. The largest absolute Gasteiger partial charge is 0.508 e. The fraction of sp³-hybridized carbons (Fsp3) is 0.235. The van der Waals surface area contributed by atoms with E-state index in [1.165, 1.54) is 0 Å². The number of anilines is 1. The van der Waals surface area contributed by atoms with E-state index in [0.29, 0.717) is 5.75 Å². The summed E-state index contributed by atoms with van der Waals surface area (Å²) in [6.45, 7) is 4.00. The minimum absolute atomic E-state index is 0.0255. The summed E-state index contributed by atoms with van der Waals surface area (Å²) in [6, 6.07) is 14.9. The molecule has 0 aliphatic rings. The number of hydrogen-bond acceptors (Lipinski definition) is 4. The lowest BCUT2D eigenvalue weighted by atomic mass is 10.0. The molecule has 4 heteroatoms. The minimum atomic E-state index is -0.0453. The van der Waals surface area contributed by atoms with Gasteiger partial charge < -0.3 is 15.2 Å². The van der Waals surface area contributed by atoms with E-state index in [0.717, 1.165) is 16.8 Å². The molecule has 0 aromatic heterocycles. The number of nitrogens with zero attached hydrogens (tertiary/aromatic N) is 1. The van der Waals surface area contributed by atoms with Gasteiger partial charge in [0.25, 0.3) is 0 Å². The normalized spacial score (nSPS) is 11.5. The van der Waals surface area contributed by atoms with Crippen LogP contribution in [0.25, 0.3) is 0 Å². The van der Waals surface area contributed by atoms with Gasteiger partial charge in [0, 0.05) is 17.3 Å². The third kappa shape index (κ3) is 3.90. The summed E-state index contributed by atoms with van der Waals surface area (Å²) in [7, 11) is 0. The van der Waals surface area contributed by atoms with Crippen LogP contribution in [0.2, 0.25) is 0 Å². The van der Waals surface area contributed by atoms with Gasteiger partial charge in [0.1, 0.15) is 17.6 Å². The molecule has 2 aromatic rings. The molecule has 0 spiro atoms. The Morgan fingerprint density at radius 1 is 1.29 bits per heavy atom. The first-order chi connectivity index (χ1) is 10.1. The number of phenols is 1. The molecule has 2 N–H and O–H groups in total. The van der Waals surface area contributed by atoms with Crippen molar-refractivity contribution in [2.45, 2.75) is 19.9 Å². The maximum Gasteiger partial charge on any atom is 0.174 e. The van der Waals surface area contributed by atoms with E-state index in [2.05, 4.69) is 5.32 Å². The quantitative estimate of drug-likeness (QED) is 0.876. The van der Waals surface area contributed by atoms with Crippen LogP contribution in [0, 0.1) is 18.3 Å². The van der Waals surface area contributed by atoms with Crippen LogP contribution in [-0.2, 0) is 0 Å². The highest BCUT2D eigenvalue weighted by atomic mass is 16.5. The molecule has 0 fully saturated rings. The first kappa shape index (κ1) is 14.7. The molecule has 0 aliphatic heterocycles.